The Balaban J connectivity index is 1.58. The van der Waals surface area contributed by atoms with Crippen LogP contribution in [0.3, 0.4) is 0 Å². The summed E-state index contributed by atoms with van der Waals surface area (Å²) in [4.78, 5) is 31.1. The molecule has 0 aromatic heterocycles. The van der Waals surface area contributed by atoms with E-state index in [0.29, 0.717) is 52.1 Å². The van der Waals surface area contributed by atoms with E-state index in [9.17, 15) is 9.59 Å². The number of carbonyl (C=O) groups excluding carboxylic acids is 2. The maximum Gasteiger partial charge on any atom is 0.245 e. The number of likely N-dealkylation sites (tertiary alicyclic amines) is 1. The first-order chi connectivity index (χ1) is 16.1. The smallest absolute Gasteiger partial charge is 0.245 e. The molecule has 1 aliphatic heterocycles. The first-order valence-electron chi connectivity index (χ1n) is 11.3. The Labute approximate surface area is 220 Å². The Morgan fingerprint density at radius 1 is 1.06 bits per heavy atom. The van der Waals surface area contributed by atoms with Gasteiger partial charge in [0, 0.05) is 45.6 Å². The number of nitrogens with one attached hydrogen (secondary N) is 1. The summed E-state index contributed by atoms with van der Waals surface area (Å²) in [6, 6.07) is 9.90. The molecule has 2 atom stereocenters. The first-order valence-corrected chi connectivity index (χ1v) is 12.8. The number of nitrogens with zero attached hydrogens (tertiary/aromatic N) is 2. The van der Waals surface area contributed by atoms with E-state index in [-0.39, 0.29) is 18.2 Å². The van der Waals surface area contributed by atoms with E-state index >= 15 is 0 Å². The molecule has 1 saturated heterocycles. The van der Waals surface area contributed by atoms with Crippen LogP contribution >= 0.6 is 46.4 Å². The molecule has 0 bridgehead atoms. The van der Waals surface area contributed by atoms with Gasteiger partial charge >= 0.3 is 0 Å². The predicted octanol–water partition coefficient (Wildman–Crippen LogP) is 5.22. The van der Waals surface area contributed by atoms with Crippen LogP contribution in [0.5, 0.6) is 0 Å². The molecule has 2 aromatic rings. The maximum absolute atomic E-state index is 13.6. The highest BCUT2D eigenvalue weighted by molar-refractivity contribution is 6.35. The van der Waals surface area contributed by atoms with Gasteiger partial charge in [-0.3, -0.25) is 9.59 Å². The zero-order chi connectivity index (χ0) is 24.6. The number of benzene rings is 2. The number of hydrogen-bond acceptors (Lipinski definition) is 3. The van der Waals surface area contributed by atoms with Crippen LogP contribution in [0.4, 0.5) is 0 Å². The molecule has 0 radical (unpaired) electrons. The number of hydrogen-bond donors (Lipinski definition) is 1. The van der Waals surface area contributed by atoms with Crippen molar-refractivity contribution in [3.05, 3.63) is 67.6 Å². The molecule has 34 heavy (non-hydrogen) atoms. The number of rotatable bonds is 7. The number of halogens is 4. The Morgan fingerprint density at radius 3 is 2.26 bits per heavy atom. The monoisotopic (exact) mass is 541 g/mol. The molecule has 0 spiro atoms. The van der Waals surface area contributed by atoms with Crippen molar-refractivity contribution in [3.8, 4) is 0 Å². The van der Waals surface area contributed by atoms with Gasteiger partial charge in [-0.25, -0.2) is 0 Å². The van der Waals surface area contributed by atoms with Crippen molar-refractivity contribution in [1.82, 2.24) is 15.1 Å². The maximum atomic E-state index is 13.6. The molecular formula is C25H27Cl4N3O2. The van der Waals surface area contributed by atoms with E-state index in [1.165, 1.54) is 0 Å². The third kappa shape index (κ3) is 5.34. The van der Waals surface area contributed by atoms with Gasteiger partial charge in [0.1, 0.15) is 6.04 Å². The highest BCUT2D eigenvalue weighted by atomic mass is 35.5. The van der Waals surface area contributed by atoms with Crippen LogP contribution in [0.15, 0.2) is 36.4 Å². The van der Waals surface area contributed by atoms with Gasteiger partial charge in [0.2, 0.25) is 11.8 Å². The molecule has 4 rings (SSSR count). The quantitative estimate of drug-likeness (QED) is 0.521. The van der Waals surface area contributed by atoms with E-state index < -0.39 is 11.5 Å². The van der Waals surface area contributed by atoms with Crippen LogP contribution in [0, 0.1) is 0 Å². The molecule has 1 heterocycles. The lowest BCUT2D eigenvalue weighted by atomic mass is 9.93. The van der Waals surface area contributed by atoms with Crippen LogP contribution in [-0.4, -0.2) is 60.9 Å². The van der Waals surface area contributed by atoms with Gasteiger partial charge in [0.15, 0.2) is 0 Å². The van der Waals surface area contributed by atoms with Crippen molar-refractivity contribution in [3.63, 3.8) is 0 Å². The largest absolute Gasteiger partial charge is 0.343 e. The topological polar surface area (TPSA) is 52.6 Å². The van der Waals surface area contributed by atoms with E-state index in [1.807, 2.05) is 19.0 Å². The van der Waals surface area contributed by atoms with Gasteiger partial charge in [-0.05, 0) is 68.8 Å². The summed E-state index contributed by atoms with van der Waals surface area (Å²) in [7, 11) is 4.02. The van der Waals surface area contributed by atoms with Crippen LogP contribution in [-0.2, 0) is 21.4 Å². The third-order valence-electron chi connectivity index (χ3n) is 6.88. The minimum absolute atomic E-state index is 0.110. The van der Waals surface area contributed by atoms with Crippen LogP contribution in [0.2, 0.25) is 20.1 Å². The average Bonchev–Trinajstić information content (AvgIpc) is 3.42. The fourth-order valence-corrected chi connectivity index (χ4v) is 5.68. The number of amides is 2. The first kappa shape index (κ1) is 25.6. The van der Waals surface area contributed by atoms with Crippen molar-refractivity contribution < 1.29 is 9.59 Å². The SMILES string of the molecule is CN(C)[C@H]1CCN(C(=O)C(Cc2ccc(Cl)cc2Cl)NC(=O)C2(c3ccc(Cl)cc3Cl)CC2)C1. The molecule has 2 amide bonds. The van der Waals surface area contributed by atoms with E-state index in [0.717, 1.165) is 17.5 Å². The summed E-state index contributed by atoms with van der Waals surface area (Å²) in [5, 5.41) is 5.00. The fraction of sp³-hybridized carbons (Fsp3) is 0.440. The molecule has 2 fully saturated rings. The second kappa shape index (κ2) is 10.2. The van der Waals surface area contributed by atoms with E-state index in [2.05, 4.69) is 10.2 Å². The summed E-state index contributed by atoms with van der Waals surface area (Å²) in [6.45, 7) is 1.28. The van der Waals surface area contributed by atoms with Crippen LogP contribution < -0.4 is 5.32 Å². The lowest BCUT2D eigenvalue weighted by Crippen LogP contribution is -2.52. The Hall–Kier alpha value is -1.50. The molecule has 2 aliphatic rings. The van der Waals surface area contributed by atoms with Crippen molar-refractivity contribution in [2.24, 2.45) is 0 Å². The molecule has 2 aromatic carbocycles. The zero-order valence-electron chi connectivity index (χ0n) is 19.1. The Bertz CT molecular complexity index is 1100. The Morgan fingerprint density at radius 2 is 1.71 bits per heavy atom. The van der Waals surface area contributed by atoms with Crippen LogP contribution in [0.1, 0.15) is 30.4 Å². The van der Waals surface area contributed by atoms with Gasteiger partial charge in [-0.15, -0.1) is 0 Å². The predicted molar refractivity (Wildman–Crippen MR) is 138 cm³/mol. The lowest BCUT2D eigenvalue weighted by molar-refractivity contribution is -0.136. The summed E-state index contributed by atoms with van der Waals surface area (Å²) >= 11 is 25.0. The van der Waals surface area contributed by atoms with E-state index in [1.54, 1.807) is 36.4 Å². The highest BCUT2D eigenvalue weighted by Gasteiger charge is 2.53. The minimum atomic E-state index is -0.754. The third-order valence-corrected chi connectivity index (χ3v) is 8.01. The van der Waals surface area contributed by atoms with Gasteiger partial charge in [-0.1, -0.05) is 58.5 Å². The highest BCUT2D eigenvalue weighted by Crippen LogP contribution is 2.51. The van der Waals surface area contributed by atoms with Gasteiger partial charge < -0.3 is 15.1 Å². The molecule has 1 saturated carbocycles. The van der Waals surface area contributed by atoms with Crippen molar-refractivity contribution >= 4 is 58.2 Å². The van der Waals surface area contributed by atoms with Crippen molar-refractivity contribution in [1.29, 1.82) is 0 Å². The molecule has 5 nitrogen and oxygen atoms in total. The number of likely N-dealkylation sites (N-methyl/N-ethyl adjacent to an activating group) is 1. The molecule has 9 heteroatoms. The van der Waals surface area contributed by atoms with Gasteiger partial charge in [0.05, 0.1) is 5.41 Å². The summed E-state index contributed by atoms with van der Waals surface area (Å²) in [6.07, 6.45) is 2.49. The molecule has 1 aliphatic carbocycles. The van der Waals surface area contributed by atoms with E-state index in [4.69, 9.17) is 46.4 Å². The van der Waals surface area contributed by atoms with Crippen molar-refractivity contribution in [2.75, 3.05) is 27.2 Å². The summed E-state index contributed by atoms with van der Waals surface area (Å²) in [5.74, 6) is -0.315. The van der Waals surface area contributed by atoms with Crippen LogP contribution in [0.25, 0.3) is 0 Å². The molecule has 1 unspecified atom stereocenters. The molecule has 182 valence electrons. The fourth-order valence-electron chi connectivity index (χ4n) is 4.61. The van der Waals surface area contributed by atoms with Gasteiger partial charge in [-0.2, -0.15) is 0 Å². The zero-order valence-corrected chi connectivity index (χ0v) is 22.1. The number of carbonyl (C=O) groups is 2. The average molecular weight is 543 g/mol. The summed E-state index contributed by atoms with van der Waals surface area (Å²) in [5.41, 5.74) is 0.740. The standard InChI is InChI=1S/C25H27Cl4N3O2/c1-31(2)18-7-10-32(14-18)23(33)22(11-15-3-4-16(26)12-20(15)28)30-24(34)25(8-9-25)19-6-5-17(27)13-21(19)29/h3-6,12-13,18,22H,7-11,14H2,1-2H3,(H,30,34)/t18-,22?/m0/s1. The van der Waals surface area contributed by atoms with Crippen molar-refractivity contribution in [2.45, 2.75) is 43.2 Å². The lowest BCUT2D eigenvalue weighted by Gasteiger charge is -2.28. The minimum Gasteiger partial charge on any atom is -0.343 e. The second-order valence-electron chi connectivity index (χ2n) is 9.36. The summed E-state index contributed by atoms with van der Waals surface area (Å²) < 4.78 is 0. The van der Waals surface area contributed by atoms with Gasteiger partial charge in [0.25, 0.3) is 0 Å². The second-order valence-corrected chi connectivity index (χ2v) is 11.0. The molecule has 1 N–H and O–H groups in total. The normalized spacial score (nSPS) is 19.9. The molecular weight excluding hydrogens is 516 g/mol. The Kier molecular flexibility index (Phi) is 7.70.